The number of carbonyl (C=O) groups is 1. The van der Waals surface area contributed by atoms with Crippen molar-refractivity contribution >= 4 is 28.3 Å². The molecule has 28 heavy (non-hydrogen) atoms. The third-order valence-electron chi connectivity index (χ3n) is 5.44. The van der Waals surface area contributed by atoms with E-state index in [4.69, 9.17) is 5.11 Å². The molecule has 1 heterocycles. The van der Waals surface area contributed by atoms with E-state index in [-0.39, 0.29) is 30.8 Å². The highest BCUT2D eigenvalue weighted by atomic mass is 16.3. The average Bonchev–Trinajstić information content (AvgIpc) is 2.69. The number of benzene rings is 2. The molecule has 0 bridgehead atoms. The molecule has 5 heteroatoms. The summed E-state index contributed by atoms with van der Waals surface area (Å²) in [5, 5.41) is 29.7. The molecule has 0 spiro atoms. The second-order valence-corrected chi connectivity index (χ2v) is 7.30. The topological polar surface area (TPSA) is 84.6 Å². The quantitative estimate of drug-likeness (QED) is 0.543. The molecule has 1 saturated heterocycles. The van der Waals surface area contributed by atoms with Gasteiger partial charge in [0.1, 0.15) is 6.07 Å². The van der Waals surface area contributed by atoms with Crippen molar-refractivity contribution in [3.8, 4) is 6.07 Å². The Morgan fingerprint density at radius 1 is 1.32 bits per heavy atom. The van der Waals surface area contributed by atoms with Crippen LogP contribution in [0.2, 0.25) is 0 Å². The Labute approximate surface area is 165 Å². The molecule has 2 unspecified atom stereocenters. The first kappa shape index (κ1) is 20.1. The summed E-state index contributed by atoms with van der Waals surface area (Å²) in [5.41, 5.74) is 2.10. The number of nitrogens with zero attached hydrogens (tertiary/aromatic N) is 2. The highest BCUT2D eigenvalue weighted by Crippen LogP contribution is 2.31. The standard InChI is InChI=1S/C23H26N2O3/c1-2-20-9-10-25(20)21-6-5-17-11-16(3-4-18(17)13-21)12-19(14-24)23(28)8-7-22(27)15-26/h3-6,11-13,20,22,26-27H,2,7-10,15H2,1H3/b19-12+. The van der Waals surface area contributed by atoms with Crippen molar-refractivity contribution in [2.24, 2.45) is 0 Å². The minimum Gasteiger partial charge on any atom is -0.394 e. The number of ketones is 1. The molecule has 1 aliphatic rings. The first-order valence-corrected chi connectivity index (χ1v) is 9.80. The number of aliphatic hydroxyl groups is 2. The second-order valence-electron chi connectivity index (χ2n) is 7.30. The molecule has 0 amide bonds. The van der Waals surface area contributed by atoms with Gasteiger partial charge in [-0.25, -0.2) is 0 Å². The number of hydrogen-bond acceptors (Lipinski definition) is 5. The van der Waals surface area contributed by atoms with Crippen molar-refractivity contribution in [1.82, 2.24) is 0 Å². The lowest BCUT2D eigenvalue weighted by molar-refractivity contribution is -0.115. The zero-order chi connectivity index (χ0) is 20.1. The van der Waals surface area contributed by atoms with Gasteiger partial charge in [0.25, 0.3) is 0 Å². The van der Waals surface area contributed by atoms with Crippen LogP contribution in [-0.4, -0.2) is 41.3 Å². The fourth-order valence-electron chi connectivity index (χ4n) is 3.59. The maximum Gasteiger partial charge on any atom is 0.173 e. The number of carbonyl (C=O) groups excluding carboxylic acids is 1. The largest absolute Gasteiger partial charge is 0.394 e. The molecule has 3 rings (SSSR count). The zero-order valence-electron chi connectivity index (χ0n) is 16.1. The number of nitriles is 1. The van der Waals surface area contributed by atoms with E-state index in [0.717, 1.165) is 29.3 Å². The molecule has 5 nitrogen and oxygen atoms in total. The van der Waals surface area contributed by atoms with Crippen molar-refractivity contribution in [2.75, 3.05) is 18.1 Å². The van der Waals surface area contributed by atoms with Crippen molar-refractivity contribution < 1.29 is 15.0 Å². The van der Waals surface area contributed by atoms with Crippen LogP contribution >= 0.6 is 0 Å². The molecule has 0 radical (unpaired) electrons. The predicted octanol–water partition coefficient (Wildman–Crippen LogP) is 3.44. The van der Waals surface area contributed by atoms with Gasteiger partial charge in [0.2, 0.25) is 0 Å². The van der Waals surface area contributed by atoms with E-state index in [0.29, 0.717) is 6.04 Å². The molecule has 2 atom stereocenters. The third kappa shape index (κ3) is 4.41. The third-order valence-corrected chi connectivity index (χ3v) is 5.44. The molecule has 1 fully saturated rings. The summed E-state index contributed by atoms with van der Waals surface area (Å²) in [6.07, 6.45) is 3.23. The van der Waals surface area contributed by atoms with Crippen LogP contribution in [0.3, 0.4) is 0 Å². The van der Waals surface area contributed by atoms with Crippen molar-refractivity contribution in [1.29, 1.82) is 5.26 Å². The lowest BCUT2D eigenvalue weighted by Gasteiger charge is -2.42. The van der Waals surface area contributed by atoms with Gasteiger partial charge in [-0.3, -0.25) is 4.79 Å². The van der Waals surface area contributed by atoms with Gasteiger partial charge in [0, 0.05) is 24.7 Å². The summed E-state index contributed by atoms with van der Waals surface area (Å²) in [6.45, 7) is 2.93. The second kappa shape index (κ2) is 9.01. The monoisotopic (exact) mass is 378 g/mol. The highest BCUT2D eigenvalue weighted by molar-refractivity contribution is 6.03. The van der Waals surface area contributed by atoms with E-state index < -0.39 is 6.10 Å². The molecule has 2 N–H and O–H groups in total. The van der Waals surface area contributed by atoms with Crippen LogP contribution < -0.4 is 4.90 Å². The number of aliphatic hydroxyl groups excluding tert-OH is 2. The van der Waals surface area contributed by atoms with Gasteiger partial charge in [-0.15, -0.1) is 0 Å². The van der Waals surface area contributed by atoms with Gasteiger partial charge in [0.05, 0.1) is 18.3 Å². The maximum atomic E-state index is 12.2. The van der Waals surface area contributed by atoms with E-state index in [2.05, 4.69) is 30.0 Å². The molecule has 1 aliphatic heterocycles. The van der Waals surface area contributed by atoms with Crippen molar-refractivity contribution in [2.45, 2.75) is 44.8 Å². The Kier molecular flexibility index (Phi) is 6.45. The molecular formula is C23H26N2O3. The highest BCUT2D eigenvalue weighted by Gasteiger charge is 2.26. The van der Waals surface area contributed by atoms with E-state index in [1.807, 2.05) is 24.3 Å². The summed E-state index contributed by atoms with van der Waals surface area (Å²) in [4.78, 5) is 14.6. The van der Waals surface area contributed by atoms with Crippen LogP contribution in [0.1, 0.15) is 38.2 Å². The smallest absolute Gasteiger partial charge is 0.173 e. The van der Waals surface area contributed by atoms with Crippen LogP contribution in [0.15, 0.2) is 42.0 Å². The number of anilines is 1. The van der Waals surface area contributed by atoms with Crippen molar-refractivity contribution in [3.05, 3.63) is 47.5 Å². The number of allylic oxidation sites excluding steroid dienone is 1. The minimum atomic E-state index is -0.933. The molecule has 2 aromatic rings. The Bertz CT molecular complexity index is 927. The van der Waals surface area contributed by atoms with Gasteiger partial charge in [-0.2, -0.15) is 5.26 Å². The van der Waals surface area contributed by atoms with Crippen LogP contribution in [-0.2, 0) is 4.79 Å². The normalized spacial score (nSPS) is 17.9. The number of Topliss-reactive ketones (excluding diaryl/α,β-unsaturated/α-hetero) is 1. The molecule has 0 aliphatic carbocycles. The Balaban J connectivity index is 1.78. The lowest BCUT2D eigenvalue weighted by atomic mass is 9.97. The van der Waals surface area contributed by atoms with Gasteiger partial charge in [0.15, 0.2) is 5.78 Å². The van der Waals surface area contributed by atoms with Gasteiger partial charge in [-0.05, 0) is 59.9 Å². The molecule has 0 aromatic heterocycles. The Morgan fingerprint density at radius 2 is 2.07 bits per heavy atom. The fourth-order valence-corrected chi connectivity index (χ4v) is 3.59. The van der Waals surface area contributed by atoms with Crippen LogP contribution in [0.4, 0.5) is 5.69 Å². The lowest BCUT2D eigenvalue weighted by Crippen LogP contribution is -2.47. The fraction of sp³-hybridized carbons (Fsp3) is 0.391. The first-order chi connectivity index (χ1) is 13.5. The molecule has 0 saturated carbocycles. The van der Waals surface area contributed by atoms with E-state index >= 15 is 0 Å². The van der Waals surface area contributed by atoms with E-state index in [1.165, 1.54) is 12.1 Å². The minimum absolute atomic E-state index is 0.0342. The molecular weight excluding hydrogens is 352 g/mol. The molecule has 2 aromatic carbocycles. The van der Waals surface area contributed by atoms with Gasteiger partial charge < -0.3 is 15.1 Å². The predicted molar refractivity (Wildman–Crippen MR) is 111 cm³/mol. The first-order valence-electron chi connectivity index (χ1n) is 9.80. The van der Waals surface area contributed by atoms with E-state index in [1.54, 1.807) is 6.08 Å². The molecule has 146 valence electrons. The van der Waals surface area contributed by atoms with Gasteiger partial charge >= 0.3 is 0 Å². The Morgan fingerprint density at radius 3 is 2.71 bits per heavy atom. The van der Waals surface area contributed by atoms with E-state index in [9.17, 15) is 15.2 Å². The number of hydrogen-bond donors (Lipinski definition) is 2. The summed E-state index contributed by atoms with van der Waals surface area (Å²) in [5.74, 6) is -0.325. The zero-order valence-corrected chi connectivity index (χ0v) is 16.1. The number of fused-ring (bicyclic) bond motifs is 1. The van der Waals surface area contributed by atoms with Crippen LogP contribution in [0.5, 0.6) is 0 Å². The maximum absolute atomic E-state index is 12.2. The summed E-state index contributed by atoms with van der Waals surface area (Å²) >= 11 is 0. The van der Waals surface area contributed by atoms with Crippen molar-refractivity contribution in [3.63, 3.8) is 0 Å². The van der Waals surface area contributed by atoms with Crippen LogP contribution in [0, 0.1) is 11.3 Å². The summed E-state index contributed by atoms with van der Waals surface area (Å²) in [6, 6.07) is 14.9. The average molecular weight is 378 g/mol. The summed E-state index contributed by atoms with van der Waals surface area (Å²) in [7, 11) is 0. The van der Waals surface area contributed by atoms with Crippen LogP contribution in [0.25, 0.3) is 16.8 Å². The SMILES string of the molecule is CCC1CCN1c1ccc2cc(/C=C(\C#N)C(=O)CCC(O)CO)ccc2c1. The summed E-state index contributed by atoms with van der Waals surface area (Å²) < 4.78 is 0. The number of rotatable bonds is 8. The Hall–Kier alpha value is -2.68. The van der Waals surface area contributed by atoms with Gasteiger partial charge in [-0.1, -0.05) is 25.1 Å².